The van der Waals surface area contributed by atoms with Crippen LogP contribution >= 0.6 is 0 Å². The molecule has 0 aliphatic rings. The van der Waals surface area contributed by atoms with Gasteiger partial charge in [-0.25, -0.2) is 18.2 Å². The largest absolute Gasteiger partial charge is 0.271 e. The Labute approximate surface area is 173 Å². The van der Waals surface area contributed by atoms with Crippen LogP contribution in [-0.2, 0) is 14.8 Å². The Morgan fingerprint density at radius 2 is 1.87 bits per heavy atom. The minimum Gasteiger partial charge on any atom is -0.271 e. The molecule has 30 heavy (non-hydrogen) atoms. The van der Waals surface area contributed by atoms with Gasteiger partial charge in [-0.2, -0.15) is 5.10 Å². The first-order valence-corrected chi connectivity index (χ1v) is 10.4. The minimum atomic E-state index is -4.20. The van der Waals surface area contributed by atoms with E-state index in [1.165, 1.54) is 36.5 Å². The number of carbonyl (C=O) groups excluding carboxylic acids is 1. The highest BCUT2D eigenvalue weighted by Gasteiger charge is 2.29. The highest BCUT2D eigenvalue weighted by atomic mass is 32.2. The lowest BCUT2D eigenvalue weighted by atomic mass is 10.2. The number of para-hydroxylation sites is 1. The zero-order valence-corrected chi connectivity index (χ0v) is 16.9. The van der Waals surface area contributed by atoms with Gasteiger partial charge in [-0.05, 0) is 37.3 Å². The number of aryl methyl sites for hydroxylation is 1. The van der Waals surface area contributed by atoms with Crippen molar-refractivity contribution in [3.63, 3.8) is 0 Å². The number of aromatic nitrogens is 1. The second kappa shape index (κ2) is 9.27. The lowest BCUT2D eigenvalue weighted by Gasteiger charge is -2.24. The lowest BCUT2D eigenvalue weighted by molar-refractivity contribution is -0.119. The van der Waals surface area contributed by atoms with Crippen LogP contribution in [0.2, 0.25) is 0 Å². The number of amides is 1. The Kier molecular flexibility index (Phi) is 6.53. The summed E-state index contributed by atoms with van der Waals surface area (Å²) in [6.45, 7) is 1.17. The summed E-state index contributed by atoms with van der Waals surface area (Å²) in [6, 6.07) is 14.9. The number of nitrogens with zero attached hydrogens (tertiary/aromatic N) is 3. The van der Waals surface area contributed by atoms with Gasteiger partial charge in [-0.1, -0.05) is 35.9 Å². The molecule has 1 N–H and O–H groups in total. The van der Waals surface area contributed by atoms with Gasteiger partial charge in [-0.3, -0.25) is 14.1 Å². The lowest BCUT2D eigenvalue weighted by Crippen LogP contribution is -2.40. The van der Waals surface area contributed by atoms with E-state index >= 15 is 0 Å². The summed E-state index contributed by atoms with van der Waals surface area (Å²) in [7, 11) is -4.20. The molecule has 0 saturated carbocycles. The quantitative estimate of drug-likeness (QED) is 0.465. The number of sulfonamides is 1. The summed E-state index contributed by atoms with van der Waals surface area (Å²) < 4.78 is 41.4. The van der Waals surface area contributed by atoms with Crippen LogP contribution < -0.4 is 9.73 Å². The van der Waals surface area contributed by atoms with E-state index in [1.54, 1.807) is 36.7 Å². The molecule has 0 saturated heterocycles. The molecule has 1 aromatic heterocycles. The third-order valence-corrected chi connectivity index (χ3v) is 5.88. The van der Waals surface area contributed by atoms with Crippen molar-refractivity contribution >= 4 is 27.8 Å². The van der Waals surface area contributed by atoms with Crippen molar-refractivity contribution in [3.8, 4) is 0 Å². The molecule has 0 radical (unpaired) electrons. The number of benzene rings is 2. The maximum absolute atomic E-state index is 14.4. The van der Waals surface area contributed by atoms with Gasteiger partial charge in [0.25, 0.3) is 15.9 Å². The van der Waals surface area contributed by atoms with Crippen molar-refractivity contribution < 1.29 is 17.6 Å². The number of carbonyl (C=O) groups is 1. The van der Waals surface area contributed by atoms with Crippen molar-refractivity contribution in [1.29, 1.82) is 0 Å². The molecule has 3 rings (SSSR count). The van der Waals surface area contributed by atoms with Gasteiger partial charge < -0.3 is 0 Å². The monoisotopic (exact) mass is 426 g/mol. The second-order valence-corrected chi connectivity index (χ2v) is 8.22. The third kappa shape index (κ3) is 5.06. The van der Waals surface area contributed by atoms with Gasteiger partial charge in [0.15, 0.2) is 0 Å². The molecule has 154 valence electrons. The predicted molar refractivity (Wildman–Crippen MR) is 112 cm³/mol. The second-order valence-electron chi connectivity index (χ2n) is 6.36. The fourth-order valence-corrected chi connectivity index (χ4v) is 4.02. The van der Waals surface area contributed by atoms with E-state index in [2.05, 4.69) is 15.5 Å². The Morgan fingerprint density at radius 1 is 1.13 bits per heavy atom. The van der Waals surface area contributed by atoms with Crippen LogP contribution in [0.25, 0.3) is 0 Å². The molecule has 2 aromatic carbocycles. The number of hydrogen-bond acceptors (Lipinski definition) is 5. The number of anilines is 1. The molecule has 0 bridgehead atoms. The molecule has 1 heterocycles. The smallest absolute Gasteiger partial charge is 0.264 e. The number of hydrogen-bond donors (Lipinski definition) is 1. The molecule has 9 heteroatoms. The van der Waals surface area contributed by atoms with E-state index in [-0.39, 0.29) is 10.6 Å². The predicted octanol–water partition coefficient (Wildman–Crippen LogP) is 2.87. The summed E-state index contributed by atoms with van der Waals surface area (Å²) in [5, 5.41) is 3.80. The Balaban J connectivity index is 1.87. The SMILES string of the molecule is Cc1ccc(S(=O)(=O)N(CC(=O)N/N=C\c2cccnc2)c2ccccc2F)cc1. The van der Waals surface area contributed by atoms with E-state index in [1.807, 2.05) is 6.92 Å². The maximum Gasteiger partial charge on any atom is 0.264 e. The van der Waals surface area contributed by atoms with Gasteiger partial charge in [0.05, 0.1) is 16.8 Å². The number of halogens is 1. The Hall–Kier alpha value is -3.59. The van der Waals surface area contributed by atoms with Crippen LogP contribution in [0.5, 0.6) is 0 Å². The molecule has 0 aliphatic carbocycles. The fraction of sp³-hybridized carbons (Fsp3) is 0.0952. The topological polar surface area (TPSA) is 91.7 Å². The molecule has 0 aliphatic heterocycles. The summed E-state index contributed by atoms with van der Waals surface area (Å²) in [5.74, 6) is -1.49. The first-order chi connectivity index (χ1) is 14.4. The summed E-state index contributed by atoms with van der Waals surface area (Å²) in [4.78, 5) is 16.3. The Bertz CT molecular complexity index is 1150. The van der Waals surface area contributed by atoms with E-state index in [0.717, 1.165) is 15.9 Å². The highest BCUT2D eigenvalue weighted by Crippen LogP contribution is 2.26. The molecule has 0 unspecified atom stereocenters. The molecule has 0 spiro atoms. The van der Waals surface area contributed by atoms with Crippen molar-refractivity contribution in [2.75, 3.05) is 10.8 Å². The summed E-state index contributed by atoms with van der Waals surface area (Å²) in [6.07, 6.45) is 4.51. The van der Waals surface area contributed by atoms with E-state index in [4.69, 9.17) is 0 Å². The molecular formula is C21H19FN4O3S. The molecular weight excluding hydrogens is 407 g/mol. The molecule has 0 fully saturated rings. The average molecular weight is 426 g/mol. The van der Waals surface area contributed by atoms with Crippen molar-refractivity contribution in [3.05, 3.63) is 90.0 Å². The van der Waals surface area contributed by atoms with Gasteiger partial charge >= 0.3 is 0 Å². The van der Waals surface area contributed by atoms with Crippen LogP contribution in [0.3, 0.4) is 0 Å². The van der Waals surface area contributed by atoms with E-state index in [0.29, 0.717) is 5.56 Å². The molecule has 7 nitrogen and oxygen atoms in total. The first kappa shape index (κ1) is 21.1. The number of rotatable bonds is 7. The third-order valence-electron chi connectivity index (χ3n) is 4.10. The Morgan fingerprint density at radius 3 is 2.53 bits per heavy atom. The standard InChI is InChI=1S/C21H19FN4O3S/c1-16-8-10-18(11-9-16)30(28,29)26(20-7-3-2-6-19(20)22)15-21(27)25-24-14-17-5-4-12-23-13-17/h2-14H,15H2,1H3,(H,25,27)/b24-14-. The number of nitrogens with one attached hydrogen (secondary N) is 1. The van der Waals surface area contributed by atoms with Crippen molar-refractivity contribution in [2.45, 2.75) is 11.8 Å². The van der Waals surface area contributed by atoms with Gasteiger partial charge in [0.1, 0.15) is 12.4 Å². The van der Waals surface area contributed by atoms with Crippen LogP contribution in [0.15, 0.2) is 83.1 Å². The summed E-state index contributed by atoms with van der Waals surface area (Å²) >= 11 is 0. The zero-order valence-electron chi connectivity index (χ0n) is 16.1. The molecule has 0 atom stereocenters. The average Bonchev–Trinajstić information content (AvgIpc) is 2.74. The molecule has 1 amide bonds. The number of hydrazone groups is 1. The number of pyridine rings is 1. The highest BCUT2D eigenvalue weighted by molar-refractivity contribution is 7.92. The van der Waals surface area contributed by atoms with Crippen LogP contribution in [0.4, 0.5) is 10.1 Å². The van der Waals surface area contributed by atoms with Gasteiger partial charge in [-0.15, -0.1) is 0 Å². The minimum absolute atomic E-state index is 0.0528. The molecule has 3 aromatic rings. The van der Waals surface area contributed by atoms with Crippen LogP contribution in [0, 0.1) is 12.7 Å². The van der Waals surface area contributed by atoms with Crippen LogP contribution in [-0.4, -0.2) is 32.1 Å². The fourth-order valence-electron chi connectivity index (χ4n) is 2.59. The zero-order chi connectivity index (χ0) is 21.6. The van der Waals surface area contributed by atoms with E-state index < -0.39 is 28.3 Å². The first-order valence-electron chi connectivity index (χ1n) is 8.94. The normalized spacial score (nSPS) is 11.4. The van der Waals surface area contributed by atoms with Gasteiger partial charge in [0, 0.05) is 18.0 Å². The van der Waals surface area contributed by atoms with E-state index in [9.17, 15) is 17.6 Å². The summed E-state index contributed by atoms with van der Waals surface area (Å²) in [5.41, 5.74) is 3.54. The van der Waals surface area contributed by atoms with Crippen LogP contribution in [0.1, 0.15) is 11.1 Å². The maximum atomic E-state index is 14.4. The van der Waals surface area contributed by atoms with Gasteiger partial charge in [0.2, 0.25) is 0 Å². The van der Waals surface area contributed by atoms with Crippen molar-refractivity contribution in [1.82, 2.24) is 10.4 Å². The van der Waals surface area contributed by atoms with Crippen molar-refractivity contribution in [2.24, 2.45) is 5.10 Å².